The molecule has 0 spiro atoms. The summed E-state index contributed by atoms with van der Waals surface area (Å²) in [6.45, 7) is 0.0307. The lowest BCUT2D eigenvalue weighted by atomic mass is 10.3. The maximum absolute atomic E-state index is 13.0. The Labute approximate surface area is 105 Å². The van der Waals surface area contributed by atoms with E-state index in [0.717, 1.165) is 0 Å². The first-order valence-electron chi connectivity index (χ1n) is 4.72. The van der Waals surface area contributed by atoms with E-state index in [1.807, 2.05) is 0 Å². The largest absolute Gasteiger partial charge is 0.323 e. The third kappa shape index (κ3) is 3.10. The van der Waals surface area contributed by atoms with E-state index in [1.54, 1.807) is 0 Å². The van der Waals surface area contributed by atoms with Gasteiger partial charge in [0, 0.05) is 4.47 Å². The molecule has 17 heavy (non-hydrogen) atoms. The van der Waals surface area contributed by atoms with E-state index < -0.39 is 5.82 Å². The SMILES string of the molecule is O=C(Cn1cncn1)Nc1cc(F)ccc1Br. The summed E-state index contributed by atoms with van der Waals surface area (Å²) in [6, 6.07) is 4.07. The van der Waals surface area contributed by atoms with Crippen LogP contribution in [-0.2, 0) is 11.3 Å². The van der Waals surface area contributed by atoms with Crippen molar-refractivity contribution < 1.29 is 9.18 Å². The number of carbonyl (C=O) groups excluding carboxylic acids is 1. The summed E-state index contributed by atoms with van der Waals surface area (Å²) in [5.74, 6) is -0.717. The molecule has 0 aliphatic carbocycles. The minimum absolute atomic E-state index is 0.0307. The number of benzene rings is 1. The fourth-order valence-electron chi connectivity index (χ4n) is 1.24. The third-order valence-electron chi connectivity index (χ3n) is 1.97. The van der Waals surface area contributed by atoms with Gasteiger partial charge in [-0.1, -0.05) is 0 Å². The molecule has 1 N–H and O–H groups in total. The Morgan fingerprint density at radius 3 is 3.06 bits per heavy atom. The average Bonchev–Trinajstić information content (AvgIpc) is 2.76. The van der Waals surface area contributed by atoms with E-state index in [4.69, 9.17) is 0 Å². The Bertz CT molecular complexity index is 529. The van der Waals surface area contributed by atoms with E-state index >= 15 is 0 Å². The van der Waals surface area contributed by atoms with Crippen LogP contribution in [0.25, 0.3) is 0 Å². The first-order chi connectivity index (χ1) is 8.15. The minimum atomic E-state index is -0.413. The summed E-state index contributed by atoms with van der Waals surface area (Å²) in [5, 5.41) is 6.37. The maximum atomic E-state index is 13.0. The van der Waals surface area contributed by atoms with Crippen LogP contribution in [0.15, 0.2) is 35.3 Å². The smallest absolute Gasteiger partial charge is 0.246 e. The summed E-state index contributed by atoms with van der Waals surface area (Å²) in [7, 11) is 0. The van der Waals surface area contributed by atoms with Crippen LogP contribution in [0.1, 0.15) is 0 Å². The Balaban J connectivity index is 2.05. The number of nitrogens with one attached hydrogen (secondary N) is 1. The number of hydrogen-bond donors (Lipinski definition) is 1. The molecule has 1 amide bonds. The zero-order valence-corrected chi connectivity index (χ0v) is 10.2. The molecule has 7 heteroatoms. The van der Waals surface area contributed by atoms with Crippen LogP contribution in [0.2, 0.25) is 0 Å². The average molecular weight is 299 g/mol. The van der Waals surface area contributed by atoms with Gasteiger partial charge >= 0.3 is 0 Å². The number of halogens is 2. The van der Waals surface area contributed by atoms with Crippen LogP contribution in [0.4, 0.5) is 10.1 Å². The Hall–Kier alpha value is -1.76. The van der Waals surface area contributed by atoms with Crippen molar-refractivity contribution in [3.8, 4) is 0 Å². The second kappa shape index (κ2) is 5.05. The van der Waals surface area contributed by atoms with Crippen molar-refractivity contribution in [2.45, 2.75) is 6.54 Å². The number of aromatic nitrogens is 3. The van der Waals surface area contributed by atoms with Crippen molar-refractivity contribution in [1.29, 1.82) is 0 Å². The predicted octanol–water partition coefficient (Wildman–Crippen LogP) is 1.82. The summed E-state index contributed by atoms with van der Waals surface area (Å²) in [6.07, 6.45) is 2.77. The molecule has 0 saturated carbocycles. The van der Waals surface area contributed by atoms with Crippen LogP contribution in [0, 0.1) is 5.82 Å². The number of hydrogen-bond acceptors (Lipinski definition) is 3. The fraction of sp³-hybridized carbons (Fsp3) is 0.100. The molecule has 1 aromatic heterocycles. The highest BCUT2D eigenvalue weighted by Gasteiger charge is 2.07. The van der Waals surface area contributed by atoms with Crippen LogP contribution < -0.4 is 5.32 Å². The highest BCUT2D eigenvalue weighted by atomic mass is 79.9. The molecule has 0 unspecified atom stereocenters. The van der Waals surface area contributed by atoms with Gasteiger partial charge in [0.25, 0.3) is 0 Å². The number of rotatable bonds is 3. The van der Waals surface area contributed by atoms with Crippen molar-refractivity contribution in [2.24, 2.45) is 0 Å². The van der Waals surface area contributed by atoms with Crippen LogP contribution >= 0.6 is 15.9 Å². The minimum Gasteiger partial charge on any atom is -0.323 e. The molecule has 0 radical (unpaired) electrons. The van der Waals surface area contributed by atoms with Crippen molar-refractivity contribution in [3.63, 3.8) is 0 Å². The Kier molecular flexibility index (Phi) is 3.48. The molecule has 88 valence electrons. The number of amides is 1. The summed E-state index contributed by atoms with van der Waals surface area (Å²) in [5.41, 5.74) is 0.384. The molecule has 0 saturated heterocycles. The Morgan fingerprint density at radius 1 is 1.53 bits per heavy atom. The van der Waals surface area contributed by atoms with Crippen LogP contribution in [-0.4, -0.2) is 20.7 Å². The molecule has 0 aliphatic rings. The summed E-state index contributed by atoms with van der Waals surface area (Å²) < 4.78 is 15.0. The van der Waals surface area contributed by atoms with Crippen LogP contribution in [0.3, 0.4) is 0 Å². The third-order valence-corrected chi connectivity index (χ3v) is 2.67. The zero-order chi connectivity index (χ0) is 12.3. The topological polar surface area (TPSA) is 59.8 Å². The fourth-order valence-corrected chi connectivity index (χ4v) is 1.59. The van der Waals surface area contributed by atoms with Gasteiger partial charge in [0.2, 0.25) is 5.91 Å². The molecule has 0 aliphatic heterocycles. The lowest BCUT2D eigenvalue weighted by molar-refractivity contribution is -0.116. The van der Waals surface area contributed by atoms with E-state index in [-0.39, 0.29) is 12.5 Å². The van der Waals surface area contributed by atoms with Crippen molar-refractivity contribution in [1.82, 2.24) is 14.8 Å². The van der Waals surface area contributed by atoms with Gasteiger partial charge in [-0.25, -0.2) is 14.1 Å². The number of carbonyl (C=O) groups is 1. The van der Waals surface area contributed by atoms with E-state index in [2.05, 4.69) is 31.3 Å². The Morgan fingerprint density at radius 2 is 2.35 bits per heavy atom. The van der Waals surface area contributed by atoms with E-state index in [9.17, 15) is 9.18 Å². The van der Waals surface area contributed by atoms with Gasteiger partial charge in [0.15, 0.2) is 0 Å². The standard InChI is InChI=1S/C10H8BrFN4O/c11-8-2-1-7(12)3-9(8)15-10(17)4-16-6-13-5-14-16/h1-3,5-6H,4H2,(H,15,17). The highest BCUT2D eigenvalue weighted by Crippen LogP contribution is 2.22. The van der Waals surface area contributed by atoms with Crippen molar-refractivity contribution in [2.75, 3.05) is 5.32 Å². The molecule has 0 bridgehead atoms. The number of anilines is 1. The van der Waals surface area contributed by atoms with Gasteiger partial charge in [-0.05, 0) is 34.1 Å². The first-order valence-corrected chi connectivity index (χ1v) is 5.52. The van der Waals surface area contributed by atoms with Gasteiger partial charge < -0.3 is 5.32 Å². The summed E-state index contributed by atoms with van der Waals surface area (Å²) in [4.78, 5) is 15.3. The lowest BCUT2D eigenvalue weighted by Gasteiger charge is -2.07. The van der Waals surface area contributed by atoms with Crippen LogP contribution in [0.5, 0.6) is 0 Å². The molecule has 5 nitrogen and oxygen atoms in total. The van der Waals surface area contributed by atoms with Gasteiger partial charge in [-0.3, -0.25) is 4.79 Å². The molecule has 1 heterocycles. The molecular formula is C10H8BrFN4O. The first kappa shape index (κ1) is 11.7. The quantitative estimate of drug-likeness (QED) is 0.940. The molecule has 0 fully saturated rings. The van der Waals surface area contributed by atoms with Crippen molar-refractivity contribution in [3.05, 3.63) is 41.1 Å². The normalized spacial score (nSPS) is 10.2. The molecule has 1 aromatic carbocycles. The van der Waals surface area contributed by atoms with Crippen molar-refractivity contribution >= 4 is 27.5 Å². The second-order valence-electron chi connectivity index (χ2n) is 3.27. The molecule has 2 aromatic rings. The van der Waals surface area contributed by atoms with Gasteiger partial charge in [-0.15, -0.1) is 0 Å². The molecular weight excluding hydrogens is 291 g/mol. The molecule has 0 atom stereocenters. The van der Waals surface area contributed by atoms with Gasteiger partial charge in [-0.2, -0.15) is 5.10 Å². The predicted molar refractivity (Wildman–Crippen MR) is 62.8 cm³/mol. The lowest BCUT2D eigenvalue weighted by Crippen LogP contribution is -2.19. The second-order valence-corrected chi connectivity index (χ2v) is 4.12. The van der Waals surface area contributed by atoms with Gasteiger partial charge in [0.05, 0.1) is 5.69 Å². The molecule has 2 rings (SSSR count). The maximum Gasteiger partial charge on any atom is 0.246 e. The van der Waals surface area contributed by atoms with E-state index in [0.29, 0.717) is 10.2 Å². The van der Waals surface area contributed by atoms with E-state index in [1.165, 1.54) is 35.5 Å². The zero-order valence-electron chi connectivity index (χ0n) is 8.60. The highest BCUT2D eigenvalue weighted by molar-refractivity contribution is 9.10. The monoisotopic (exact) mass is 298 g/mol. The summed E-state index contributed by atoms with van der Waals surface area (Å²) >= 11 is 3.22. The number of nitrogens with zero attached hydrogens (tertiary/aromatic N) is 3. The van der Waals surface area contributed by atoms with Gasteiger partial charge in [0.1, 0.15) is 25.0 Å².